The van der Waals surface area contributed by atoms with E-state index in [2.05, 4.69) is 10.3 Å². The van der Waals surface area contributed by atoms with Crippen LogP contribution in [0.15, 0.2) is 24.3 Å². The number of nitro groups is 1. The van der Waals surface area contributed by atoms with Gasteiger partial charge in [0.1, 0.15) is 23.7 Å². The number of benzene rings is 1. The summed E-state index contributed by atoms with van der Waals surface area (Å²) in [6.07, 6.45) is -6.40. The molecule has 2 aromatic rings. The molecule has 0 fully saturated rings. The number of rotatable bonds is 5. The number of ether oxygens (including phenoxy) is 2. The normalized spacial score (nSPS) is 17.2. The Morgan fingerprint density at radius 3 is 2.54 bits per heavy atom. The average Bonchev–Trinajstić information content (AvgIpc) is 3.09. The van der Waals surface area contributed by atoms with Crippen molar-refractivity contribution in [1.82, 2.24) is 10.3 Å². The van der Waals surface area contributed by atoms with Gasteiger partial charge >= 0.3 is 12.3 Å². The molecule has 35 heavy (non-hydrogen) atoms. The number of alkyl carbamates (subject to hydrolysis) is 1. The third-order valence-corrected chi connectivity index (χ3v) is 5.20. The van der Waals surface area contributed by atoms with E-state index in [0.29, 0.717) is 0 Å². The second-order valence-corrected chi connectivity index (χ2v) is 9.17. The predicted octanol–water partition coefficient (Wildman–Crippen LogP) is 4.53. The number of carbonyl (C=O) groups is 1. The summed E-state index contributed by atoms with van der Waals surface area (Å²) in [6, 6.07) is 2.89. The molecule has 1 aromatic heterocycles. The Bertz CT molecular complexity index is 1170. The molecule has 1 aliphatic rings. The Morgan fingerprint density at radius 2 is 2.00 bits per heavy atom. The van der Waals surface area contributed by atoms with Gasteiger partial charge in [-0.05, 0) is 45.0 Å². The Labute approximate surface area is 201 Å². The van der Waals surface area contributed by atoms with Gasteiger partial charge in [-0.1, -0.05) is 11.6 Å². The summed E-state index contributed by atoms with van der Waals surface area (Å²) in [4.78, 5) is 25.8. The van der Waals surface area contributed by atoms with Gasteiger partial charge in [-0.3, -0.25) is 10.1 Å². The van der Waals surface area contributed by atoms with E-state index in [-0.39, 0.29) is 34.2 Å². The second kappa shape index (κ2) is 9.11. The molecule has 14 heteroatoms. The molecular weight excluding hydrogens is 502 g/mol. The number of pyridine rings is 1. The second-order valence-electron chi connectivity index (χ2n) is 8.76. The van der Waals surface area contributed by atoms with Gasteiger partial charge in [0.15, 0.2) is 5.75 Å². The number of alkyl halides is 3. The van der Waals surface area contributed by atoms with Crippen LogP contribution in [0.1, 0.15) is 38.1 Å². The first kappa shape index (κ1) is 26.4. The minimum Gasteiger partial charge on any atom is -0.488 e. The van der Waals surface area contributed by atoms with Gasteiger partial charge in [0.25, 0.3) is 5.60 Å². The van der Waals surface area contributed by atoms with Crippen LogP contribution in [0.3, 0.4) is 0 Å². The van der Waals surface area contributed by atoms with Crippen molar-refractivity contribution in [3.8, 4) is 17.0 Å². The van der Waals surface area contributed by atoms with Crippen molar-refractivity contribution in [2.45, 2.75) is 44.2 Å². The van der Waals surface area contributed by atoms with Crippen LogP contribution in [-0.2, 0) is 10.3 Å². The highest BCUT2D eigenvalue weighted by Crippen LogP contribution is 2.45. The van der Waals surface area contributed by atoms with Crippen molar-refractivity contribution >= 4 is 17.7 Å². The lowest BCUT2D eigenvalue weighted by molar-refractivity contribution is -0.519. The van der Waals surface area contributed by atoms with Crippen molar-refractivity contribution in [2.75, 3.05) is 13.2 Å². The zero-order valence-electron chi connectivity index (χ0n) is 18.6. The molecule has 2 atom stereocenters. The molecule has 0 saturated heterocycles. The molecular formula is C21H20ClF4N3O6. The van der Waals surface area contributed by atoms with E-state index in [0.717, 1.165) is 24.3 Å². The van der Waals surface area contributed by atoms with Crippen molar-refractivity contribution in [2.24, 2.45) is 0 Å². The smallest absolute Gasteiger partial charge is 0.429 e. The highest BCUT2D eigenvalue weighted by Gasteiger charge is 2.60. The van der Waals surface area contributed by atoms with Crippen molar-refractivity contribution in [3.05, 3.63) is 56.5 Å². The first-order valence-electron chi connectivity index (χ1n) is 10.1. The number of nitrogens with one attached hydrogen (secondary N) is 1. The van der Waals surface area contributed by atoms with Gasteiger partial charge in [-0.25, -0.2) is 14.2 Å². The first-order chi connectivity index (χ1) is 16.0. The van der Waals surface area contributed by atoms with Crippen LogP contribution in [0.5, 0.6) is 5.75 Å². The fourth-order valence-corrected chi connectivity index (χ4v) is 3.52. The molecule has 190 valence electrons. The Morgan fingerprint density at radius 1 is 1.34 bits per heavy atom. The van der Waals surface area contributed by atoms with Crippen LogP contribution in [-0.4, -0.2) is 46.0 Å². The molecule has 0 aliphatic carbocycles. The summed E-state index contributed by atoms with van der Waals surface area (Å²) in [5, 5.41) is 23.5. The van der Waals surface area contributed by atoms with Gasteiger partial charge in [-0.15, -0.1) is 0 Å². The van der Waals surface area contributed by atoms with Crippen LogP contribution in [0.25, 0.3) is 11.3 Å². The molecule has 1 aliphatic heterocycles. The Balaban J connectivity index is 2.20. The van der Waals surface area contributed by atoms with Crippen molar-refractivity contribution in [1.29, 1.82) is 0 Å². The van der Waals surface area contributed by atoms with Gasteiger partial charge in [-0.2, -0.15) is 13.2 Å². The molecule has 0 radical (unpaired) electrons. The number of carbonyl (C=O) groups excluding carboxylic acids is 1. The summed E-state index contributed by atoms with van der Waals surface area (Å²) in [6.45, 7) is 2.62. The highest BCUT2D eigenvalue weighted by molar-refractivity contribution is 6.31. The monoisotopic (exact) mass is 521 g/mol. The van der Waals surface area contributed by atoms with Crippen LogP contribution in [0, 0.1) is 15.9 Å². The van der Waals surface area contributed by atoms with Crippen LogP contribution in [0.4, 0.5) is 22.4 Å². The van der Waals surface area contributed by atoms with E-state index in [9.17, 15) is 37.6 Å². The molecule has 0 bridgehead atoms. The third kappa shape index (κ3) is 5.56. The first-order valence-corrected chi connectivity index (χ1v) is 10.4. The van der Waals surface area contributed by atoms with Gasteiger partial charge in [0.05, 0.1) is 16.8 Å². The van der Waals surface area contributed by atoms with E-state index in [1.807, 2.05) is 0 Å². The van der Waals surface area contributed by atoms with Gasteiger partial charge in [0.2, 0.25) is 6.54 Å². The minimum atomic E-state index is -5.49. The summed E-state index contributed by atoms with van der Waals surface area (Å²) in [5.74, 6) is -0.892. The lowest BCUT2D eigenvalue weighted by Gasteiger charge is -2.27. The third-order valence-electron chi connectivity index (χ3n) is 4.91. The summed E-state index contributed by atoms with van der Waals surface area (Å²) in [7, 11) is 0. The molecule has 0 saturated carbocycles. The van der Waals surface area contributed by atoms with Crippen LogP contribution in [0.2, 0.25) is 5.02 Å². The molecule has 9 nitrogen and oxygen atoms in total. The number of halogens is 5. The van der Waals surface area contributed by atoms with E-state index in [4.69, 9.17) is 21.1 Å². The SMILES string of the molecule is CC(C)(C)OC(=O)NC1COc2c1cc(C(O)(C[N+](=O)[O-])C(F)(F)F)nc2-c1ccc(F)c(Cl)c1. The van der Waals surface area contributed by atoms with E-state index >= 15 is 0 Å². The zero-order chi connectivity index (χ0) is 26.3. The molecule has 2 heterocycles. The lowest BCUT2D eigenvalue weighted by atomic mass is 9.94. The predicted molar refractivity (Wildman–Crippen MR) is 114 cm³/mol. The Kier molecular flexibility index (Phi) is 6.88. The number of hydrogen-bond acceptors (Lipinski definition) is 7. The summed E-state index contributed by atoms with van der Waals surface area (Å²) < 4.78 is 66.0. The number of fused-ring (bicyclic) bond motifs is 1. The van der Waals surface area contributed by atoms with Crippen molar-refractivity contribution in [3.63, 3.8) is 0 Å². The van der Waals surface area contributed by atoms with Gasteiger partial charge < -0.3 is 19.9 Å². The standard InChI is InChI=1S/C21H20ClF4N3O6/c1-19(2,3)35-18(30)27-14-8-34-17-11(14)7-15(20(31,9-29(32)33)21(24,25)26)28-16(17)10-4-5-13(23)12(22)6-10/h4-7,14,31H,8-9H2,1-3H3,(H,27,30). The summed E-state index contributed by atoms with van der Waals surface area (Å²) in [5.41, 5.74) is -6.31. The number of aliphatic hydroxyl groups is 1. The molecule has 0 spiro atoms. The quantitative estimate of drug-likeness (QED) is 0.336. The van der Waals surface area contributed by atoms with E-state index < -0.39 is 52.5 Å². The zero-order valence-corrected chi connectivity index (χ0v) is 19.3. The molecule has 2 N–H and O–H groups in total. The highest BCUT2D eigenvalue weighted by atomic mass is 35.5. The van der Waals surface area contributed by atoms with E-state index in [1.54, 1.807) is 20.8 Å². The molecule has 3 rings (SSSR count). The maximum Gasteiger partial charge on any atom is 0.429 e. The topological polar surface area (TPSA) is 124 Å². The molecule has 1 aromatic carbocycles. The van der Waals surface area contributed by atoms with Crippen LogP contribution < -0.4 is 10.1 Å². The number of hydrogen-bond donors (Lipinski definition) is 2. The minimum absolute atomic E-state index is 0.0121. The van der Waals surface area contributed by atoms with Crippen LogP contribution >= 0.6 is 11.6 Å². The largest absolute Gasteiger partial charge is 0.488 e. The number of nitrogens with zero attached hydrogens (tertiary/aromatic N) is 2. The molecule has 1 amide bonds. The number of aromatic nitrogens is 1. The Hall–Kier alpha value is -3.19. The van der Waals surface area contributed by atoms with Gasteiger partial charge in [0, 0.05) is 16.1 Å². The maximum atomic E-state index is 13.9. The van der Waals surface area contributed by atoms with Crippen molar-refractivity contribution < 1.29 is 41.9 Å². The fraction of sp³-hybridized carbons (Fsp3) is 0.429. The average molecular weight is 522 g/mol. The van der Waals surface area contributed by atoms with E-state index in [1.165, 1.54) is 0 Å². The maximum absolute atomic E-state index is 13.9. The number of amides is 1. The fourth-order valence-electron chi connectivity index (χ4n) is 3.34. The lowest BCUT2D eigenvalue weighted by Crippen LogP contribution is -2.48. The molecule has 2 unspecified atom stereocenters. The summed E-state index contributed by atoms with van der Waals surface area (Å²) >= 11 is 5.81.